The molecular formula is C13H18F3N3O2. The zero-order valence-electron chi connectivity index (χ0n) is 12.0. The maximum Gasteiger partial charge on any atom is 0.573 e. The van der Waals surface area contributed by atoms with Crippen LogP contribution in [0.25, 0.3) is 0 Å². The number of hydrogen-bond donors (Lipinski definition) is 2. The Morgan fingerprint density at radius 2 is 2.05 bits per heavy atom. The Morgan fingerprint density at radius 3 is 2.52 bits per heavy atom. The van der Waals surface area contributed by atoms with Gasteiger partial charge in [-0.1, -0.05) is 0 Å². The zero-order valence-corrected chi connectivity index (χ0v) is 12.0. The van der Waals surface area contributed by atoms with Crippen LogP contribution < -0.4 is 15.8 Å². The summed E-state index contributed by atoms with van der Waals surface area (Å²) in [4.78, 5) is 13.8. The fourth-order valence-electron chi connectivity index (χ4n) is 1.81. The number of nitrogens with one attached hydrogen (secondary N) is 1. The number of hydrogen-bond acceptors (Lipinski definition) is 4. The average Bonchev–Trinajstić information content (AvgIpc) is 2.28. The van der Waals surface area contributed by atoms with Crippen LogP contribution in [0.3, 0.4) is 0 Å². The number of amides is 1. The lowest BCUT2D eigenvalue weighted by molar-refractivity contribution is -0.274. The van der Waals surface area contributed by atoms with Gasteiger partial charge in [0.1, 0.15) is 0 Å². The van der Waals surface area contributed by atoms with Crippen molar-refractivity contribution >= 4 is 11.6 Å². The van der Waals surface area contributed by atoms with Crippen molar-refractivity contribution in [2.75, 3.05) is 26.4 Å². The molecule has 0 saturated heterocycles. The van der Waals surface area contributed by atoms with Gasteiger partial charge in [-0.25, -0.2) is 0 Å². The van der Waals surface area contributed by atoms with Crippen LogP contribution in [0.4, 0.5) is 18.9 Å². The van der Waals surface area contributed by atoms with Crippen molar-refractivity contribution in [2.24, 2.45) is 0 Å². The molecule has 1 aromatic carbocycles. The lowest BCUT2D eigenvalue weighted by atomic mass is 10.1. The molecule has 1 aromatic rings. The lowest BCUT2D eigenvalue weighted by Gasteiger charge is -2.18. The zero-order chi connectivity index (χ0) is 16.2. The number of carbonyl (C=O) groups is 1. The van der Waals surface area contributed by atoms with E-state index in [1.54, 1.807) is 0 Å². The summed E-state index contributed by atoms with van der Waals surface area (Å²) >= 11 is 0. The highest BCUT2D eigenvalue weighted by atomic mass is 19.4. The van der Waals surface area contributed by atoms with Crippen LogP contribution in [0.2, 0.25) is 0 Å². The van der Waals surface area contributed by atoms with Gasteiger partial charge in [0.05, 0.1) is 5.69 Å². The number of halogens is 3. The lowest BCUT2D eigenvalue weighted by Crippen LogP contribution is -2.39. The number of alkyl halides is 3. The molecule has 1 amide bonds. The first-order valence-corrected chi connectivity index (χ1v) is 6.19. The number of likely N-dealkylation sites (N-methyl/N-ethyl adjacent to an activating group) is 1. The van der Waals surface area contributed by atoms with Gasteiger partial charge in [-0.3, -0.25) is 4.79 Å². The van der Waals surface area contributed by atoms with E-state index in [0.29, 0.717) is 6.54 Å². The fourth-order valence-corrected chi connectivity index (χ4v) is 1.81. The van der Waals surface area contributed by atoms with Gasteiger partial charge in [0.25, 0.3) is 5.91 Å². The number of nitrogens with zero attached hydrogens (tertiary/aromatic N) is 1. The molecule has 0 saturated carbocycles. The van der Waals surface area contributed by atoms with Gasteiger partial charge in [-0.15, -0.1) is 13.2 Å². The molecule has 118 valence electrons. The summed E-state index contributed by atoms with van der Waals surface area (Å²) in [5.74, 6) is -0.935. The Bertz CT molecular complexity index is 504. The van der Waals surface area contributed by atoms with E-state index >= 15 is 0 Å². The van der Waals surface area contributed by atoms with Crippen molar-refractivity contribution < 1.29 is 22.7 Å². The van der Waals surface area contributed by atoms with Gasteiger partial charge in [-0.2, -0.15) is 0 Å². The van der Waals surface area contributed by atoms with Crippen LogP contribution in [0.5, 0.6) is 5.75 Å². The summed E-state index contributed by atoms with van der Waals surface area (Å²) in [6, 6.07) is 3.29. The number of benzene rings is 1. The molecule has 5 nitrogen and oxygen atoms in total. The topological polar surface area (TPSA) is 67.6 Å². The molecule has 3 N–H and O–H groups in total. The molecule has 21 heavy (non-hydrogen) atoms. The van der Waals surface area contributed by atoms with E-state index < -0.39 is 18.0 Å². The molecule has 0 aliphatic heterocycles. The Hall–Kier alpha value is -1.96. The largest absolute Gasteiger partial charge is 0.573 e. The number of nitrogens with two attached hydrogens (primary N) is 1. The predicted octanol–water partition coefficient (Wildman–Crippen LogP) is 1.85. The second kappa shape index (κ2) is 6.66. The van der Waals surface area contributed by atoms with E-state index in [9.17, 15) is 18.0 Å². The molecule has 0 heterocycles. The van der Waals surface area contributed by atoms with E-state index in [0.717, 1.165) is 12.1 Å². The van der Waals surface area contributed by atoms with E-state index in [-0.39, 0.29) is 17.3 Å². The Labute approximate surface area is 120 Å². The summed E-state index contributed by atoms with van der Waals surface area (Å²) in [6.45, 7) is 2.46. The standard InChI is InChI=1S/C13H18F3N3O2/c1-8(7-19(2)3)18-12(20)9-4-5-11(10(17)6-9)21-13(14,15)16/h4-6,8H,7,17H2,1-3H3,(H,18,20). The molecule has 0 bridgehead atoms. The summed E-state index contributed by atoms with van der Waals surface area (Å²) in [7, 11) is 3.73. The van der Waals surface area contributed by atoms with Crippen molar-refractivity contribution in [1.82, 2.24) is 10.2 Å². The molecule has 1 unspecified atom stereocenters. The predicted molar refractivity (Wildman–Crippen MR) is 73.0 cm³/mol. The third kappa shape index (κ3) is 5.90. The molecule has 1 atom stereocenters. The van der Waals surface area contributed by atoms with Gasteiger partial charge in [0, 0.05) is 18.2 Å². The quantitative estimate of drug-likeness (QED) is 0.815. The van der Waals surface area contributed by atoms with Crippen molar-refractivity contribution in [3.8, 4) is 5.75 Å². The monoisotopic (exact) mass is 305 g/mol. The summed E-state index contributed by atoms with van der Waals surface area (Å²) in [5.41, 5.74) is 5.39. The second-order valence-electron chi connectivity index (χ2n) is 4.94. The van der Waals surface area contributed by atoms with Crippen molar-refractivity contribution in [3.63, 3.8) is 0 Å². The van der Waals surface area contributed by atoms with Crippen LogP contribution in [-0.2, 0) is 0 Å². The van der Waals surface area contributed by atoms with E-state index in [1.165, 1.54) is 6.07 Å². The third-order valence-electron chi connectivity index (χ3n) is 2.51. The molecule has 0 aliphatic carbocycles. The highest BCUT2D eigenvalue weighted by Crippen LogP contribution is 2.28. The highest BCUT2D eigenvalue weighted by Gasteiger charge is 2.32. The Balaban J connectivity index is 2.77. The number of nitrogen functional groups attached to an aromatic ring is 1. The normalized spacial score (nSPS) is 13.1. The van der Waals surface area contributed by atoms with Gasteiger partial charge >= 0.3 is 6.36 Å². The molecular weight excluding hydrogens is 287 g/mol. The molecule has 0 radical (unpaired) electrons. The molecule has 1 rings (SSSR count). The molecule has 0 spiro atoms. The first-order valence-electron chi connectivity index (χ1n) is 6.19. The van der Waals surface area contributed by atoms with Gasteiger partial charge in [0.15, 0.2) is 5.75 Å². The average molecular weight is 305 g/mol. The molecule has 0 fully saturated rings. The van der Waals surface area contributed by atoms with E-state index in [2.05, 4.69) is 10.1 Å². The van der Waals surface area contributed by atoms with Crippen LogP contribution in [0, 0.1) is 0 Å². The molecule has 0 aromatic heterocycles. The number of ether oxygens (including phenoxy) is 1. The second-order valence-corrected chi connectivity index (χ2v) is 4.94. The number of rotatable bonds is 5. The van der Waals surface area contributed by atoms with Crippen molar-refractivity contribution in [3.05, 3.63) is 23.8 Å². The number of anilines is 1. The highest BCUT2D eigenvalue weighted by molar-refractivity contribution is 5.95. The van der Waals surface area contributed by atoms with Crippen molar-refractivity contribution in [1.29, 1.82) is 0 Å². The van der Waals surface area contributed by atoms with Gasteiger partial charge in [0.2, 0.25) is 0 Å². The van der Waals surface area contributed by atoms with E-state index in [1.807, 2.05) is 25.9 Å². The van der Waals surface area contributed by atoms with E-state index in [4.69, 9.17) is 5.73 Å². The smallest absolute Gasteiger partial charge is 0.404 e. The fraction of sp³-hybridized carbons (Fsp3) is 0.462. The SMILES string of the molecule is CC(CN(C)C)NC(=O)c1ccc(OC(F)(F)F)c(N)c1. The summed E-state index contributed by atoms with van der Waals surface area (Å²) in [6.07, 6.45) is -4.82. The first kappa shape index (κ1) is 17.1. The van der Waals surface area contributed by atoms with Crippen LogP contribution in [-0.4, -0.2) is 43.9 Å². The summed E-state index contributed by atoms with van der Waals surface area (Å²) in [5, 5.41) is 2.72. The maximum atomic E-state index is 12.1. The minimum Gasteiger partial charge on any atom is -0.404 e. The number of carbonyl (C=O) groups excluding carboxylic acids is 1. The van der Waals surface area contributed by atoms with Gasteiger partial charge in [-0.05, 0) is 39.2 Å². The van der Waals surface area contributed by atoms with Crippen molar-refractivity contribution in [2.45, 2.75) is 19.3 Å². The Kier molecular flexibility index (Phi) is 5.42. The van der Waals surface area contributed by atoms with Crippen LogP contribution in [0.1, 0.15) is 17.3 Å². The van der Waals surface area contributed by atoms with Crippen LogP contribution >= 0.6 is 0 Å². The molecule has 0 aliphatic rings. The minimum atomic E-state index is -4.82. The summed E-state index contributed by atoms with van der Waals surface area (Å²) < 4.78 is 40.1. The maximum absolute atomic E-state index is 12.1. The third-order valence-corrected chi connectivity index (χ3v) is 2.51. The molecule has 8 heteroatoms. The van der Waals surface area contributed by atoms with Crippen LogP contribution in [0.15, 0.2) is 18.2 Å². The minimum absolute atomic E-state index is 0.111. The first-order chi connectivity index (χ1) is 9.58. The Morgan fingerprint density at radius 1 is 1.43 bits per heavy atom. The van der Waals surface area contributed by atoms with Gasteiger partial charge < -0.3 is 20.7 Å².